The summed E-state index contributed by atoms with van der Waals surface area (Å²) in [5, 5.41) is 0. The smallest absolute Gasteiger partial charge is 0.0260 e. The molecule has 0 saturated heterocycles. The van der Waals surface area contributed by atoms with Crippen LogP contribution >= 0.6 is 11.8 Å². The summed E-state index contributed by atoms with van der Waals surface area (Å²) < 4.78 is 0. The van der Waals surface area contributed by atoms with E-state index in [1.54, 1.807) is 11.8 Å². The van der Waals surface area contributed by atoms with Crippen molar-refractivity contribution in [3.8, 4) is 11.8 Å². The zero-order chi connectivity index (χ0) is 14.3. The van der Waals surface area contributed by atoms with E-state index in [4.69, 9.17) is 0 Å². The predicted molar refractivity (Wildman–Crippen MR) is 89.4 cm³/mol. The van der Waals surface area contributed by atoms with Gasteiger partial charge in [-0.2, -0.15) is 0 Å². The van der Waals surface area contributed by atoms with Crippen LogP contribution in [0.4, 0.5) is 0 Å². The lowest BCUT2D eigenvalue weighted by molar-refractivity contribution is 1.39. The maximum atomic E-state index is 3.22. The summed E-state index contributed by atoms with van der Waals surface area (Å²) in [4.78, 5) is 2.45. The highest BCUT2D eigenvalue weighted by Crippen LogP contribution is 2.27. The van der Waals surface area contributed by atoms with Crippen LogP contribution in [0.5, 0.6) is 0 Å². The minimum Gasteiger partial charge on any atom is -0.0901 e. The fourth-order valence-corrected chi connectivity index (χ4v) is 2.83. The van der Waals surface area contributed by atoms with E-state index < -0.39 is 0 Å². The number of rotatable bonds is 2. The van der Waals surface area contributed by atoms with Crippen molar-refractivity contribution >= 4 is 11.8 Å². The van der Waals surface area contributed by atoms with Gasteiger partial charge in [0.2, 0.25) is 0 Å². The molecular weight excluding hydrogens is 272 g/mol. The Kier molecular flexibility index (Phi) is 4.41. The van der Waals surface area contributed by atoms with Crippen LogP contribution in [0.2, 0.25) is 0 Å². The maximum Gasteiger partial charge on any atom is 0.0260 e. The third-order valence-corrected chi connectivity index (χ3v) is 3.94. The van der Waals surface area contributed by atoms with Crippen molar-refractivity contribution in [3.63, 3.8) is 0 Å². The van der Waals surface area contributed by atoms with Crippen LogP contribution in [0, 0.1) is 11.8 Å². The lowest BCUT2D eigenvalue weighted by atomic mass is 10.2. The fraction of sp³-hybridized carbons (Fsp3) is 0. The molecule has 0 N–H and O–H groups in total. The second-order valence-corrected chi connectivity index (χ2v) is 5.71. The van der Waals surface area contributed by atoms with Gasteiger partial charge in [0, 0.05) is 20.9 Å². The predicted octanol–water partition coefficient (Wildman–Crippen LogP) is 5.24. The largest absolute Gasteiger partial charge is 0.0901 e. The van der Waals surface area contributed by atoms with Crippen LogP contribution in [-0.4, -0.2) is 0 Å². The van der Waals surface area contributed by atoms with Crippen LogP contribution in [-0.2, 0) is 0 Å². The molecule has 0 spiro atoms. The fourth-order valence-electron chi connectivity index (χ4n) is 1.93. The molecular formula is C20H14S. The zero-order valence-corrected chi connectivity index (χ0v) is 12.3. The number of hydrogen-bond donors (Lipinski definition) is 0. The van der Waals surface area contributed by atoms with Crippen LogP contribution in [0.1, 0.15) is 11.1 Å². The minimum absolute atomic E-state index is 1.04. The molecule has 0 unspecified atom stereocenters. The van der Waals surface area contributed by atoms with Crippen LogP contribution in [0.25, 0.3) is 0 Å². The minimum atomic E-state index is 1.04. The van der Waals surface area contributed by atoms with Gasteiger partial charge in [-0.1, -0.05) is 66.1 Å². The SMILES string of the molecule is C(#Cc1cccc(Sc2ccccc2)c1)c1ccccc1. The lowest BCUT2D eigenvalue weighted by Gasteiger charge is -2.01. The van der Waals surface area contributed by atoms with E-state index in [1.807, 2.05) is 42.5 Å². The normalized spacial score (nSPS) is 9.71. The molecule has 0 saturated carbocycles. The monoisotopic (exact) mass is 286 g/mol. The molecule has 21 heavy (non-hydrogen) atoms. The average Bonchev–Trinajstić information content (AvgIpc) is 2.55. The van der Waals surface area contributed by atoms with E-state index in [1.165, 1.54) is 9.79 Å². The first kappa shape index (κ1) is 13.5. The highest BCUT2D eigenvalue weighted by Gasteiger charge is 1.97. The first-order valence-corrected chi connectivity index (χ1v) is 7.62. The van der Waals surface area contributed by atoms with Gasteiger partial charge in [0.1, 0.15) is 0 Å². The van der Waals surface area contributed by atoms with Crippen molar-refractivity contribution in [2.75, 3.05) is 0 Å². The Morgan fingerprint density at radius 2 is 1.10 bits per heavy atom. The molecule has 0 aromatic heterocycles. The van der Waals surface area contributed by atoms with E-state index in [2.05, 4.69) is 54.3 Å². The van der Waals surface area contributed by atoms with Crippen molar-refractivity contribution in [1.29, 1.82) is 0 Å². The van der Waals surface area contributed by atoms with Gasteiger partial charge in [-0.15, -0.1) is 0 Å². The molecule has 3 aromatic carbocycles. The van der Waals surface area contributed by atoms with Crippen LogP contribution < -0.4 is 0 Å². The van der Waals surface area contributed by atoms with Crippen molar-refractivity contribution in [2.24, 2.45) is 0 Å². The highest BCUT2D eigenvalue weighted by atomic mass is 32.2. The van der Waals surface area contributed by atoms with Gasteiger partial charge in [0.15, 0.2) is 0 Å². The standard InChI is InChI=1S/C20H14S/c1-3-8-17(9-4-1)14-15-18-10-7-13-20(16-18)21-19-11-5-2-6-12-19/h1-13,16H. The van der Waals surface area contributed by atoms with Crippen LogP contribution in [0.3, 0.4) is 0 Å². The third kappa shape index (κ3) is 4.02. The Hall–Kier alpha value is -2.43. The molecule has 0 atom stereocenters. The van der Waals surface area contributed by atoms with Gasteiger partial charge >= 0.3 is 0 Å². The third-order valence-electron chi connectivity index (χ3n) is 2.94. The van der Waals surface area contributed by atoms with Gasteiger partial charge in [-0.3, -0.25) is 0 Å². The van der Waals surface area contributed by atoms with E-state index >= 15 is 0 Å². The molecule has 0 amide bonds. The van der Waals surface area contributed by atoms with Crippen molar-refractivity contribution in [2.45, 2.75) is 9.79 Å². The Labute approximate surface area is 129 Å². The molecule has 1 heteroatoms. The van der Waals surface area contributed by atoms with Gasteiger partial charge in [0.25, 0.3) is 0 Å². The van der Waals surface area contributed by atoms with Crippen molar-refractivity contribution in [1.82, 2.24) is 0 Å². The average molecular weight is 286 g/mol. The molecule has 3 aromatic rings. The Balaban J connectivity index is 1.79. The molecule has 3 rings (SSSR count). The molecule has 100 valence electrons. The molecule has 0 aliphatic rings. The summed E-state index contributed by atoms with van der Waals surface area (Å²) in [6.45, 7) is 0. The molecule has 0 nitrogen and oxygen atoms in total. The topological polar surface area (TPSA) is 0 Å². The first-order chi connectivity index (χ1) is 10.4. The van der Waals surface area contributed by atoms with Gasteiger partial charge in [-0.05, 0) is 42.5 Å². The summed E-state index contributed by atoms with van der Waals surface area (Å²) in [6.07, 6.45) is 0. The molecule has 0 fully saturated rings. The van der Waals surface area contributed by atoms with Crippen molar-refractivity contribution < 1.29 is 0 Å². The van der Waals surface area contributed by atoms with E-state index in [9.17, 15) is 0 Å². The summed E-state index contributed by atoms with van der Waals surface area (Å²) >= 11 is 1.76. The first-order valence-electron chi connectivity index (χ1n) is 6.80. The van der Waals surface area contributed by atoms with E-state index in [0.29, 0.717) is 0 Å². The quantitative estimate of drug-likeness (QED) is 0.581. The van der Waals surface area contributed by atoms with E-state index in [-0.39, 0.29) is 0 Å². The zero-order valence-electron chi connectivity index (χ0n) is 11.5. The van der Waals surface area contributed by atoms with Gasteiger partial charge < -0.3 is 0 Å². The molecule has 0 heterocycles. The van der Waals surface area contributed by atoms with E-state index in [0.717, 1.165) is 11.1 Å². The molecule has 0 bridgehead atoms. The second-order valence-electron chi connectivity index (χ2n) is 4.56. The summed E-state index contributed by atoms with van der Waals surface area (Å²) in [6, 6.07) is 28.8. The Bertz CT molecular complexity index is 765. The van der Waals surface area contributed by atoms with Gasteiger partial charge in [0.05, 0.1) is 0 Å². The Morgan fingerprint density at radius 3 is 1.86 bits per heavy atom. The van der Waals surface area contributed by atoms with Crippen molar-refractivity contribution in [3.05, 3.63) is 96.1 Å². The second kappa shape index (κ2) is 6.83. The Morgan fingerprint density at radius 1 is 0.524 bits per heavy atom. The highest BCUT2D eigenvalue weighted by molar-refractivity contribution is 7.99. The molecule has 0 aliphatic heterocycles. The summed E-state index contributed by atoms with van der Waals surface area (Å²) in [5.41, 5.74) is 2.08. The summed E-state index contributed by atoms with van der Waals surface area (Å²) in [5.74, 6) is 6.42. The lowest BCUT2D eigenvalue weighted by Crippen LogP contribution is -1.78. The molecule has 0 radical (unpaired) electrons. The molecule has 0 aliphatic carbocycles. The maximum absolute atomic E-state index is 3.22. The number of hydrogen-bond acceptors (Lipinski definition) is 1. The van der Waals surface area contributed by atoms with Gasteiger partial charge in [-0.25, -0.2) is 0 Å². The number of benzene rings is 3. The summed E-state index contributed by atoms with van der Waals surface area (Å²) in [7, 11) is 0. The van der Waals surface area contributed by atoms with Crippen LogP contribution in [0.15, 0.2) is 94.7 Å².